The molecule has 7 heteroatoms. The summed E-state index contributed by atoms with van der Waals surface area (Å²) in [6.07, 6.45) is 5.90. The second-order valence-corrected chi connectivity index (χ2v) is 6.21. The van der Waals surface area contributed by atoms with E-state index in [1.807, 2.05) is 32.2 Å². The molecule has 0 radical (unpaired) electrons. The third-order valence-corrected chi connectivity index (χ3v) is 4.57. The molecule has 3 aromatic rings. The van der Waals surface area contributed by atoms with Gasteiger partial charge in [-0.25, -0.2) is 9.97 Å². The summed E-state index contributed by atoms with van der Waals surface area (Å²) in [5.41, 5.74) is 3.90. The molecule has 0 aromatic carbocycles. The third kappa shape index (κ3) is 2.71. The van der Waals surface area contributed by atoms with Gasteiger partial charge in [0.2, 0.25) is 0 Å². The lowest BCUT2D eigenvalue weighted by atomic mass is 10.1. The van der Waals surface area contributed by atoms with Crippen LogP contribution in [0.2, 0.25) is 0 Å². The fourth-order valence-electron chi connectivity index (χ4n) is 3.42. The number of aryl methyl sites for hydroxylation is 2. The molecule has 1 fully saturated rings. The number of nitrogens with zero attached hydrogens (tertiary/aromatic N) is 5. The maximum absolute atomic E-state index is 5.25. The molecule has 124 valence electrons. The molecule has 1 N–H and O–H groups in total. The molecule has 1 aliphatic heterocycles. The number of likely N-dealkylation sites (tertiary alicyclic amines) is 1. The van der Waals surface area contributed by atoms with E-state index < -0.39 is 0 Å². The SMILES string of the molecule is Cc1noc(C)c1-c1nccc([C@H]2CCCN2Cc2ccn[nH]2)n1. The van der Waals surface area contributed by atoms with E-state index in [1.54, 1.807) is 6.20 Å². The second kappa shape index (κ2) is 6.16. The molecule has 1 aliphatic rings. The zero-order chi connectivity index (χ0) is 16.5. The molecule has 1 saturated heterocycles. The first-order chi connectivity index (χ1) is 11.7. The lowest BCUT2D eigenvalue weighted by molar-refractivity contribution is 0.241. The van der Waals surface area contributed by atoms with E-state index in [0.29, 0.717) is 11.9 Å². The van der Waals surface area contributed by atoms with Crippen molar-refractivity contribution in [1.82, 2.24) is 30.2 Å². The Morgan fingerprint density at radius 3 is 2.96 bits per heavy atom. The van der Waals surface area contributed by atoms with Gasteiger partial charge < -0.3 is 4.52 Å². The second-order valence-electron chi connectivity index (χ2n) is 6.21. The number of aromatic amines is 1. The van der Waals surface area contributed by atoms with Crippen molar-refractivity contribution in [2.45, 2.75) is 39.3 Å². The van der Waals surface area contributed by atoms with Crippen LogP contribution in [0.15, 0.2) is 29.0 Å². The number of H-pyrrole nitrogens is 1. The zero-order valence-electron chi connectivity index (χ0n) is 13.9. The van der Waals surface area contributed by atoms with Crippen LogP contribution < -0.4 is 0 Å². The Labute approximate surface area is 140 Å². The summed E-state index contributed by atoms with van der Waals surface area (Å²) in [5.74, 6) is 1.45. The van der Waals surface area contributed by atoms with E-state index in [-0.39, 0.29) is 0 Å². The average Bonchev–Trinajstić information content (AvgIpc) is 3.31. The first-order valence-corrected chi connectivity index (χ1v) is 8.21. The standard InChI is InChI=1S/C17H20N6O/c1-11-16(12(2)24-22-11)17-18-7-6-14(20-17)15-4-3-9-23(15)10-13-5-8-19-21-13/h5-8,15H,3-4,9-10H2,1-2H3,(H,19,21)/t15-/m1/s1. The quantitative estimate of drug-likeness (QED) is 0.794. The van der Waals surface area contributed by atoms with Gasteiger partial charge in [0.1, 0.15) is 5.76 Å². The van der Waals surface area contributed by atoms with Crippen molar-refractivity contribution >= 4 is 0 Å². The lowest BCUT2D eigenvalue weighted by Crippen LogP contribution is -2.23. The molecule has 1 atom stereocenters. The summed E-state index contributed by atoms with van der Waals surface area (Å²) in [7, 11) is 0. The van der Waals surface area contributed by atoms with Gasteiger partial charge in [-0.2, -0.15) is 5.10 Å². The molecule has 7 nitrogen and oxygen atoms in total. The van der Waals surface area contributed by atoms with E-state index in [1.165, 1.54) is 6.42 Å². The molecule has 0 spiro atoms. The zero-order valence-corrected chi connectivity index (χ0v) is 13.9. The van der Waals surface area contributed by atoms with Gasteiger partial charge in [-0.05, 0) is 45.4 Å². The number of hydrogen-bond donors (Lipinski definition) is 1. The Morgan fingerprint density at radius 2 is 2.21 bits per heavy atom. The van der Waals surface area contributed by atoms with E-state index in [9.17, 15) is 0 Å². The summed E-state index contributed by atoms with van der Waals surface area (Å²) in [5, 5.41) is 11.1. The molecule has 24 heavy (non-hydrogen) atoms. The molecular weight excluding hydrogens is 304 g/mol. The molecule has 4 rings (SSSR count). The molecule has 3 aromatic heterocycles. The number of nitrogens with one attached hydrogen (secondary N) is 1. The Hall–Kier alpha value is -2.54. The third-order valence-electron chi connectivity index (χ3n) is 4.57. The van der Waals surface area contributed by atoms with Crippen LogP contribution in [0.1, 0.15) is 41.7 Å². The highest BCUT2D eigenvalue weighted by Crippen LogP contribution is 2.33. The van der Waals surface area contributed by atoms with Crippen molar-refractivity contribution in [1.29, 1.82) is 0 Å². The van der Waals surface area contributed by atoms with Crippen molar-refractivity contribution in [2.24, 2.45) is 0 Å². The van der Waals surface area contributed by atoms with Crippen LogP contribution in [0.4, 0.5) is 0 Å². The predicted octanol–water partition coefficient (Wildman–Crippen LogP) is 2.81. The fraction of sp³-hybridized carbons (Fsp3) is 0.412. The minimum absolute atomic E-state index is 0.301. The van der Waals surface area contributed by atoms with Gasteiger partial charge in [0.05, 0.1) is 23.0 Å². The highest BCUT2D eigenvalue weighted by molar-refractivity contribution is 5.59. The van der Waals surface area contributed by atoms with Gasteiger partial charge in [-0.1, -0.05) is 5.16 Å². The van der Waals surface area contributed by atoms with E-state index >= 15 is 0 Å². The van der Waals surface area contributed by atoms with Gasteiger partial charge in [0.25, 0.3) is 0 Å². The van der Waals surface area contributed by atoms with Crippen LogP contribution >= 0.6 is 0 Å². The predicted molar refractivity (Wildman–Crippen MR) is 88.0 cm³/mol. The van der Waals surface area contributed by atoms with Gasteiger partial charge in [-0.15, -0.1) is 0 Å². The van der Waals surface area contributed by atoms with Crippen LogP contribution in [0.3, 0.4) is 0 Å². The van der Waals surface area contributed by atoms with Crippen LogP contribution in [-0.2, 0) is 6.54 Å². The largest absolute Gasteiger partial charge is 0.361 e. The highest BCUT2D eigenvalue weighted by atomic mass is 16.5. The van der Waals surface area contributed by atoms with Crippen LogP contribution in [0.5, 0.6) is 0 Å². The monoisotopic (exact) mass is 324 g/mol. The van der Waals surface area contributed by atoms with Crippen molar-refractivity contribution in [3.05, 3.63) is 47.4 Å². The first kappa shape index (κ1) is 15.0. The summed E-state index contributed by atoms with van der Waals surface area (Å²) in [6.45, 7) is 5.73. The van der Waals surface area contributed by atoms with Gasteiger partial charge in [0, 0.05) is 24.6 Å². The van der Waals surface area contributed by atoms with E-state index in [2.05, 4.69) is 25.2 Å². The molecule has 0 bridgehead atoms. The highest BCUT2D eigenvalue weighted by Gasteiger charge is 2.28. The lowest BCUT2D eigenvalue weighted by Gasteiger charge is -2.23. The molecule has 4 heterocycles. The smallest absolute Gasteiger partial charge is 0.164 e. The van der Waals surface area contributed by atoms with E-state index in [0.717, 1.165) is 47.9 Å². The summed E-state index contributed by atoms with van der Waals surface area (Å²) < 4.78 is 5.25. The van der Waals surface area contributed by atoms with Gasteiger partial charge in [0.15, 0.2) is 5.82 Å². The molecule has 0 amide bonds. The maximum Gasteiger partial charge on any atom is 0.164 e. The Morgan fingerprint density at radius 1 is 1.29 bits per heavy atom. The Kier molecular flexibility index (Phi) is 3.86. The van der Waals surface area contributed by atoms with Crippen LogP contribution in [-0.4, -0.2) is 36.8 Å². The Balaban J connectivity index is 1.63. The summed E-state index contributed by atoms with van der Waals surface area (Å²) >= 11 is 0. The molecule has 0 unspecified atom stereocenters. The first-order valence-electron chi connectivity index (χ1n) is 8.21. The molecular formula is C17H20N6O. The average molecular weight is 324 g/mol. The molecule has 0 aliphatic carbocycles. The van der Waals surface area contributed by atoms with Crippen molar-refractivity contribution < 1.29 is 4.52 Å². The number of rotatable bonds is 4. The van der Waals surface area contributed by atoms with E-state index in [4.69, 9.17) is 9.51 Å². The normalized spacial score (nSPS) is 18.3. The maximum atomic E-state index is 5.25. The number of hydrogen-bond acceptors (Lipinski definition) is 6. The van der Waals surface area contributed by atoms with Gasteiger partial charge >= 0.3 is 0 Å². The summed E-state index contributed by atoms with van der Waals surface area (Å²) in [6, 6.07) is 4.33. The fourth-order valence-corrected chi connectivity index (χ4v) is 3.42. The Bertz CT molecular complexity index is 806. The van der Waals surface area contributed by atoms with Crippen LogP contribution in [0.25, 0.3) is 11.4 Å². The van der Waals surface area contributed by atoms with Crippen LogP contribution in [0, 0.1) is 13.8 Å². The van der Waals surface area contributed by atoms with Gasteiger partial charge in [-0.3, -0.25) is 10.00 Å². The van der Waals surface area contributed by atoms with Crippen molar-refractivity contribution in [3.8, 4) is 11.4 Å². The topological polar surface area (TPSA) is 83.7 Å². The van der Waals surface area contributed by atoms with Crippen molar-refractivity contribution in [3.63, 3.8) is 0 Å². The minimum atomic E-state index is 0.301. The minimum Gasteiger partial charge on any atom is -0.361 e. The number of aromatic nitrogens is 5. The van der Waals surface area contributed by atoms with Crippen molar-refractivity contribution in [2.75, 3.05) is 6.54 Å². The molecule has 0 saturated carbocycles. The summed E-state index contributed by atoms with van der Waals surface area (Å²) in [4.78, 5) is 11.7.